The van der Waals surface area contributed by atoms with Gasteiger partial charge in [-0.25, -0.2) is 0 Å². The SMILES string of the molecule is Cc1ccc(-c2cccc(CCCOc3ccc(SP(C)(=O)C4(C(N)=O)CCOCC4)cc3)c2)cc1. The first-order valence-electron chi connectivity index (χ1n) is 12.3. The van der Waals surface area contributed by atoms with Gasteiger partial charge in [-0.1, -0.05) is 65.5 Å². The van der Waals surface area contributed by atoms with Gasteiger partial charge in [0.1, 0.15) is 10.9 Å². The smallest absolute Gasteiger partial charge is 0.232 e. The monoisotopic (exact) mass is 523 g/mol. The number of nitrogens with two attached hydrogens (primary N) is 1. The second kappa shape index (κ2) is 11.7. The molecule has 1 amide bonds. The second-order valence-electron chi connectivity index (χ2n) is 9.44. The summed E-state index contributed by atoms with van der Waals surface area (Å²) in [6.45, 7) is 5.19. The number of aryl methyl sites for hydroxylation is 2. The number of benzene rings is 3. The largest absolute Gasteiger partial charge is 0.494 e. The fourth-order valence-corrected chi connectivity index (χ4v) is 9.71. The van der Waals surface area contributed by atoms with Crippen LogP contribution in [0.1, 0.15) is 30.4 Å². The van der Waals surface area contributed by atoms with Crippen molar-refractivity contribution in [3.8, 4) is 16.9 Å². The van der Waals surface area contributed by atoms with E-state index in [2.05, 4.69) is 55.5 Å². The van der Waals surface area contributed by atoms with E-state index in [1.807, 2.05) is 24.3 Å². The number of ether oxygens (including phenoxy) is 2. The third kappa shape index (κ3) is 6.23. The molecule has 0 aromatic heterocycles. The number of hydrogen-bond acceptors (Lipinski definition) is 5. The molecule has 1 unspecified atom stereocenters. The summed E-state index contributed by atoms with van der Waals surface area (Å²) in [4.78, 5) is 13.1. The van der Waals surface area contributed by atoms with E-state index in [0.717, 1.165) is 23.5 Å². The Labute approximate surface area is 217 Å². The van der Waals surface area contributed by atoms with Crippen LogP contribution in [0.4, 0.5) is 0 Å². The van der Waals surface area contributed by atoms with Crippen LogP contribution >= 0.6 is 17.7 Å². The fraction of sp³-hybridized carbons (Fsp3) is 0.345. The fourth-order valence-electron chi connectivity index (χ4n) is 4.57. The number of primary amides is 1. The second-order valence-corrected chi connectivity index (χ2v) is 15.3. The number of carbonyl (C=O) groups is 1. The van der Waals surface area contributed by atoms with Crippen LogP contribution in [0.15, 0.2) is 77.7 Å². The van der Waals surface area contributed by atoms with E-state index in [1.54, 1.807) is 6.66 Å². The molecule has 3 aromatic carbocycles. The van der Waals surface area contributed by atoms with Crippen molar-refractivity contribution in [2.24, 2.45) is 5.73 Å². The van der Waals surface area contributed by atoms with Crippen LogP contribution < -0.4 is 10.5 Å². The highest BCUT2D eigenvalue weighted by Gasteiger charge is 2.51. The summed E-state index contributed by atoms with van der Waals surface area (Å²) < 4.78 is 25.0. The van der Waals surface area contributed by atoms with Crippen molar-refractivity contribution >= 4 is 23.6 Å². The first-order valence-corrected chi connectivity index (χ1v) is 15.9. The molecular weight excluding hydrogens is 489 g/mol. The summed E-state index contributed by atoms with van der Waals surface area (Å²) in [7, 11) is 0. The standard InChI is InChI=1S/C29H34NO4PS/c1-22-8-10-24(11-9-22)25-7-3-5-23(21-25)6-4-18-34-26-12-14-27(15-13-26)36-35(2,32)29(28(30)31)16-19-33-20-17-29/h3,5,7-15,21H,4,6,16-20H2,1-2H3,(H2,30,31). The third-order valence-corrected chi connectivity index (χ3v) is 12.6. The molecule has 0 radical (unpaired) electrons. The summed E-state index contributed by atoms with van der Waals surface area (Å²) in [5.74, 6) is 0.280. The van der Waals surface area contributed by atoms with Crippen molar-refractivity contribution in [1.82, 2.24) is 0 Å². The maximum atomic E-state index is 13.6. The zero-order valence-electron chi connectivity index (χ0n) is 20.9. The lowest BCUT2D eigenvalue weighted by molar-refractivity contribution is -0.122. The quantitative estimate of drug-likeness (QED) is 0.236. The van der Waals surface area contributed by atoms with Crippen molar-refractivity contribution < 1.29 is 18.8 Å². The molecule has 1 aliphatic rings. The molecule has 36 heavy (non-hydrogen) atoms. The van der Waals surface area contributed by atoms with E-state index in [-0.39, 0.29) is 0 Å². The van der Waals surface area contributed by atoms with Crippen LogP contribution in [0.5, 0.6) is 5.75 Å². The van der Waals surface area contributed by atoms with E-state index < -0.39 is 17.4 Å². The summed E-state index contributed by atoms with van der Waals surface area (Å²) in [6.07, 6.45) is -0.318. The van der Waals surface area contributed by atoms with Gasteiger partial charge in [-0.3, -0.25) is 4.79 Å². The topological polar surface area (TPSA) is 78.6 Å². The van der Waals surface area contributed by atoms with Crippen LogP contribution in [0.2, 0.25) is 0 Å². The number of amides is 1. The average Bonchev–Trinajstić information content (AvgIpc) is 2.88. The normalized spacial score (nSPS) is 16.7. The maximum absolute atomic E-state index is 13.6. The van der Waals surface area contributed by atoms with Gasteiger partial charge in [0.15, 0.2) is 6.34 Å². The predicted molar refractivity (Wildman–Crippen MR) is 148 cm³/mol. The van der Waals surface area contributed by atoms with E-state index >= 15 is 0 Å². The molecule has 3 aromatic rings. The van der Waals surface area contributed by atoms with Gasteiger partial charge in [0.25, 0.3) is 0 Å². The molecule has 0 bridgehead atoms. The minimum Gasteiger partial charge on any atom is -0.494 e. The minimum absolute atomic E-state index is 0.401. The van der Waals surface area contributed by atoms with Crippen LogP contribution in [0.25, 0.3) is 11.1 Å². The Hall–Kier alpha value is -2.53. The van der Waals surface area contributed by atoms with Gasteiger partial charge in [0, 0.05) is 18.1 Å². The number of hydrogen-bond donors (Lipinski definition) is 1. The molecule has 0 aliphatic carbocycles. The van der Waals surface area contributed by atoms with Crippen LogP contribution in [0, 0.1) is 6.92 Å². The highest BCUT2D eigenvalue weighted by Crippen LogP contribution is 2.70. The lowest BCUT2D eigenvalue weighted by Gasteiger charge is -2.38. The minimum atomic E-state index is -2.96. The molecule has 5 nitrogen and oxygen atoms in total. The Morgan fingerprint density at radius 2 is 1.72 bits per heavy atom. The average molecular weight is 524 g/mol. The lowest BCUT2D eigenvalue weighted by atomic mass is 9.98. The first kappa shape index (κ1) is 26.5. The van der Waals surface area contributed by atoms with Gasteiger partial charge >= 0.3 is 0 Å². The summed E-state index contributed by atoms with van der Waals surface area (Å²) in [5, 5.41) is -1.01. The Bertz CT molecular complexity index is 1220. The van der Waals surface area contributed by atoms with E-state index in [0.29, 0.717) is 32.7 Å². The molecule has 0 saturated carbocycles. The van der Waals surface area contributed by atoms with Crippen molar-refractivity contribution in [3.05, 3.63) is 83.9 Å². The molecular formula is C29H34NO4PS. The van der Waals surface area contributed by atoms with Gasteiger partial charge in [-0.2, -0.15) is 0 Å². The predicted octanol–water partition coefficient (Wildman–Crippen LogP) is 6.71. The zero-order valence-corrected chi connectivity index (χ0v) is 22.7. The molecule has 1 atom stereocenters. The van der Waals surface area contributed by atoms with Crippen LogP contribution in [-0.4, -0.2) is 37.5 Å². The molecule has 190 valence electrons. The van der Waals surface area contributed by atoms with Crippen molar-refractivity contribution in [2.45, 2.75) is 42.7 Å². The molecule has 1 heterocycles. The van der Waals surface area contributed by atoms with E-state index in [1.165, 1.54) is 33.6 Å². The molecule has 1 saturated heterocycles. The molecule has 1 fully saturated rings. The summed E-state index contributed by atoms with van der Waals surface area (Å²) in [5.41, 5.74) is 10.7. The van der Waals surface area contributed by atoms with Crippen molar-refractivity contribution in [2.75, 3.05) is 26.5 Å². The molecule has 0 spiro atoms. The summed E-state index contributed by atoms with van der Waals surface area (Å²) >= 11 is 1.26. The zero-order chi connectivity index (χ0) is 25.6. The number of carbonyl (C=O) groups excluding carboxylic acids is 1. The molecule has 2 N–H and O–H groups in total. The van der Waals surface area contributed by atoms with E-state index in [9.17, 15) is 9.36 Å². The van der Waals surface area contributed by atoms with E-state index in [4.69, 9.17) is 15.2 Å². The first-order chi connectivity index (χ1) is 17.3. The molecule has 7 heteroatoms. The summed E-state index contributed by atoms with van der Waals surface area (Å²) in [6, 6.07) is 24.8. The highest BCUT2D eigenvalue weighted by molar-refractivity contribution is 8.58. The Morgan fingerprint density at radius 1 is 1.03 bits per heavy atom. The van der Waals surface area contributed by atoms with Crippen LogP contribution in [-0.2, 0) is 20.5 Å². The maximum Gasteiger partial charge on any atom is 0.232 e. The van der Waals surface area contributed by atoms with Gasteiger partial charge in [0.05, 0.1) is 6.61 Å². The Balaban J connectivity index is 1.29. The van der Waals surface area contributed by atoms with Crippen molar-refractivity contribution in [3.63, 3.8) is 0 Å². The molecule has 4 rings (SSSR count). The highest BCUT2D eigenvalue weighted by atomic mass is 32.7. The molecule has 1 aliphatic heterocycles. The third-order valence-electron chi connectivity index (χ3n) is 6.85. The van der Waals surface area contributed by atoms with Gasteiger partial charge in [0.2, 0.25) is 5.91 Å². The Kier molecular flexibility index (Phi) is 8.61. The van der Waals surface area contributed by atoms with Crippen molar-refractivity contribution in [1.29, 1.82) is 0 Å². The number of rotatable bonds is 10. The Morgan fingerprint density at radius 3 is 2.39 bits per heavy atom. The van der Waals surface area contributed by atoms with Gasteiger partial charge in [-0.05, 0) is 80.2 Å². The van der Waals surface area contributed by atoms with Gasteiger partial charge in [-0.15, -0.1) is 0 Å². The van der Waals surface area contributed by atoms with Gasteiger partial charge < -0.3 is 19.8 Å². The lowest BCUT2D eigenvalue weighted by Crippen LogP contribution is -2.47. The van der Waals surface area contributed by atoms with Crippen LogP contribution in [0.3, 0.4) is 0 Å².